The number of rotatable bonds is 5. The zero-order chi connectivity index (χ0) is 14.0. The van der Waals surface area contributed by atoms with Gasteiger partial charge in [-0.25, -0.2) is 13.4 Å². The Balaban J connectivity index is 2.69. The van der Waals surface area contributed by atoms with Crippen molar-refractivity contribution in [2.45, 2.75) is 17.3 Å². The molecule has 0 saturated heterocycles. The molecule has 104 valence electrons. The molecule has 0 aliphatic rings. The smallest absolute Gasteiger partial charge is 0.177 e. The summed E-state index contributed by atoms with van der Waals surface area (Å²) < 4.78 is 30.5. The first kappa shape index (κ1) is 14.3. The van der Waals surface area contributed by atoms with Crippen LogP contribution in [-0.4, -0.2) is 37.9 Å². The number of nitrogens with zero attached hydrogens (tertiary/aromatic N) is 2. The molecule has 5 nitrogen and oxygen atoms in total. The number of alkyl halides is 1. The fourth-order valence-electron chi connectivity index (χ4n) is 2.00. The summed E-state index contributed by atoms with van der Waals surface area (Å²) in [5.41, 5.74) is 1.23. The maximum atomic E-state index is 11.8. The number of halogens is 1. The van der Waals surface area contributed by atoms with Crippen molar-refractivity contribution in [2.24, 2.45) is 0 Å². The average molecular weight is 303 g/mol. The van der Waals surface area contributed by atoms with Gasteiger partial charge in [0, 0.05) is 19.9 Å². The minimum atomic E-state index is -3.31. The molecule has 0 unspecified atom stereocenters. The largest absolute Gasteiger partial charge is 0.383 e. The van der Waals surface area contributed by atoms with Crippen LogP contribution in [0.4, 0.5) is 0 Å². The number of benzene rings is 1. The van der Waals surface area contributed by atoms with Gasteiger partial charge in [0.05, 0.1) is 22.9 Å². The van der Waals surface area contributed by atoms with Gasteiger partial charge in [-0.1, -0.05) is 6.07 Å². The van der Waals surface area contributed by atoms with E-state index in [4.69, 9.17) is 16.3 Å². The molecule has 0 fully saturated rings. The summed E-state index contributed by atoms with van der Waals surface area (Å²) in [6.07, 6.45) is 1.18. The summed E-state index contributed by atoms with van der Waals surface area (Å²) in [5.74, 6) is 0.867. The van der Waals surface area contributed by atoms with E-state index in [0.717, 1.165) is 5.52 Å². The first-order valence-corrected chi connectivity index (χ1v) is 8.14. The highest BCUT2D eigenvalue weighted by Gasteiger charge is 2.17. The van der Waals surface area contributed by atoms with Gasteiger partial charge in [-0.2, -0.15) is 0 Å². The molecule has 0 N–H and O–H groups in total. The average Bonchev–Trinajstić information content (AvgIpc) is 2.72. The van der Waals surface area contributed by atoms with Gasteiger partial charge < -0.3 is 9.30 Å². The van der Waals surface area contributed by atoms with Crippen molar-refractivity contribution in [3.8, 4) is 0 Å². The van der Waals surface area contributed by atoms with Crippen LogP contribution in [0.5, 0.6) is 0 Å². The highest BCUT2D eigenvalue weighted by molar-refractivity contribution is 7.91. The van der Waals surface area contributed by atoms with Crippen LogP contribution in [0.2, 0.25) is 0 Å². The molecule has 0 aliphatic heterocycles. The molecule has 0 spiro atoms. The lowest BCUT2D eigenvalue weighted by molar-refractivity contribution is 0.187. The summed E-state index contributed by atoms with van der Waals surface area (Å²) in [6, 6.07) is 5.10. The minimum absolute atomic E-state index is 0.224. The molecule has 0 aliphatic carbocycles. The second-order valence-corrected chi connectivity index (χ2v) is 6.45. The highest BCUT2D eigenvalue weighted by atomic mass is 35.5. The molecule has 2 rings (SSSR count). The summed E-state index contributed by atoms with van der Waals surface area (Å²) in [5, 5.41) is 0. The molecular weight excluding hydrogens is 288 g/mol. The fraction of sp³-hybridized carbons (Fsp3) is 0.417. The van der Waals surface area contributed by atoms with Crippen molar-refractivity contribution < 1.29 is 13.2 Å². The van der Waals surface area contributed by atoms with Crippen molar-refractivity contribution in [3.05, 3.63) is 24.0 Å². The van der Waals surface area contributed by atoms with Gasteiger partial charge in [0.25, 0.3) is 0 Å². The lowest BCUT2D eigenvalue weighted by Crippen LogP contribution is -2.07. The van der Waals surface area contributed by atoms with E-state index >= 15 is 0 Å². The third-order valence-corrected chi connectivity index (χ3v) is 4.23. The van der Waals surface area contributed by atoms with Gasteiger partial charge in [-0.3, -0.25) is 0 Å². The maximum Gasteiger partial charge on any atom is 0.177 e. The van der Waals surface area contributed by atoms with Crippen LogP contribution in [0.25, 0.3) is 11.0 Å². The molecule has 2 aromatic rings. The number of fused-ring (bicyclic) bond motifs is 1. The third-order valence-electron chi connectivity index (χ3n) is 2.86. The Bertz CT molecular complexity index is 694. The number of hydrogen-bond donors (Lipinski definition) is 0. The Morgan fingerprint density at radius 2 is 2.16 bits per heavy atom. The number of sulfone groups is 1. The number of hydrogen-bond acceptors (Lipinski definition) is 4. The third kappa shape index (κ3) is 2.75. The molecule has 0 bridgehead atoms. The minimum Gasteiger partial charge on any atom is -0.383 e. The van der Waals surface area contributed by atoms with E-state index in [2.05, 4.69) is 4.98 Å². The topological polar surface area (TPSA) is 61.2 Å². The van der Waals surface area contributed by atoms with Crippen LogP contribution in [0.3, 0.4) is 0 Å². The summed E-state index contributed by atoms with van der Waals surface area (Å²) in [6.45, 7) is 1.10. The van der Waals surface area contributed by atoms with Crippen LogP contribution in [0, 0.1) is 0 Å². The second kappa shape index (κ2) is 5.48. The maximum absolute atomic E-state index is 11.8. The normalized spacial score (nSPS) is 12.2. The molecule has 0 amide bonds. The lowest BCUT2D eigenvalue weighted by Gasteiger charge is -2.06. The Labute approximate surface area is 117 Å². The first-order valence-electron chi connectivity index (χ1n) is 5.72. The van der Waals surface area contributed by atoms with Crippen LogP contribution >= 0.6 is 11.6 Å². The molecule has 1 aromatic heterocycles. The number of para-hydroxylation sites is 1. The quantitative estimate of drug-likeness (QED) is 0.791. The van der Waals surface area contributed by atoms with Crippen molar-refractivity contribution in [2.75, 3.05) is 20.0 Å². The first-order chi connectivity index (χ1) is 8.99. The summed E-state index contributed by atoms with van der Waals surface area (Å²) in [7, 11) is -1.70. The van der Waals surface area contributed by atoms with E-state index < -0.39 is 9.84 Å². The van der Waals surface area contributed by atoms with Gasteiger partial charge in [-0.15, -0.1) is 11.6 Å². The summed E-state index contributed by atoms with van der Waals surface area (Å²) >= 11 is 5.88. The van der Waals surface area contributed by atoms with Gasteiger partial charge in [-0.05, 0) is 12.1 Å². The number of methoxy groups -OCH3 is 1. The highest BCUT2D eigenvalue weighted by Crippen LogP contribution is 2.24. The van der Waals surface area contributed by atoms with Crippen LogP contribution < -0.4 is 0 Å². The van der Waals surface area contributed by atoms with Gasteiger partial charge in [0.1, 0.15) is 11.3 Å². The monoisotopic (exact) mass is 302 g/mol. The molecule has 7 heteroatoms. The van der Waals surface area contributed by atoms with E-state index in [1.54, 1.807) is 19.2 Å². The van der Waals surface area contributed by atoms with E-state index in [9.17, 15) is 8.42 Å². The Kier molecular flexibility index (Phi) is 4.13. The van der Waals surface area contributed by atoms with Crippen molar-refractivity contribution in [1.29, 1.82) is 0 Å². The molecule has 1 heterocycles. The number of ether oxygens (including phenoxy) is 1. The van der Waals surface area contributed by atoms with Crippen molar-refractivity contribution in [1.82, 2.24) is 9.55 Å². The predicted molar refractivity (Wildman–Crippen MR) is 74.3 cm³/mol. The Morgan fingerprint density at radius 1 is 1.42 bits per heavy atom. The van der Waals surface area contributed by atoms with E-state index in [0.29, 0.717) is 24.5 Å². The SMILES string of the molecule is COCCn1c(CCl)nc2c(S(C)(=O)=O)cccc21. The molecule has 0 radical (unpaired) electrons. The Hall–Kier alpha value is -1.11. The van der Waals surface area contributed by atoms with Crippen molar-refractivity contribution in [3.63, 3.8) is 0 Å². The molecule has 1 aromatic carbocycles. The zero-order valence-corrected chi connectivity index (χ0v) is 12.3. The molecule has 19 heavy (non-hydrogen) atoms. The van der Waals surface area contributed by atoms with Crippen LogP contribution in [0.1, 0.15) is 5.82 Å². The van der Waals surface area contributed by atoms with Crippen LogP contribution in [-0.2, 0) is 27.0 Å². The van der Waals surface area contributed by atoms with Crippen molar-refractivity contribution >= 4 is 32.5 Å². The number of imidazole rings is 1. The van der Waals surface area contributed by atoms with E-state index in [1.165, 1.54) is 6.26 Å². The lowest BCUT2D eigenvalue weighted by atomic mass is 10.3. The zero-order valence-electron chi connectivity index (χ0n) is 10.8. The van der Waals surface area contributed by atoms with Gasteiger partial charge in [0.2, 0.25) is 0 Å². The van der Waals surface area contributed by atoms with Gasteiger partial charge >= 0.3 is 0 Å². The standard InChI is InChI=1S/C12H15ClN2O3S/c1-18-7-6-15-9-4-3-5-10(19(2,16)17)12(9)14-11(15)8-13/h3-5H,6-8H2,1-2H3. The van der Waals surface area contributed by atoms with E-state index in [-0.39, 0.29) is 10.8 Å². The Morgan fingerprint density at radius 3 is 2.74 bits per heavy atom. The second-order valence-electron chi connectivity index (χ2n) is 4.20. The van der Waals surface area contributed by atoms with Gasteiger partial charge in [0.15, 0.2) is 9.84 Å². The predicted octanol–water partition coefficient (Wildman–Crippen LogP) is 1.83. The fourth-order valence-corrected chi connectivity index (χ4v) is 3.03. The molecule has 0 atom stereocenters. The summed E-state index contributed by atoms with van der Waals surface area (Å²) in [4.78, 5) is 4.58. The molecular formula is C12H15ClN2O3S. The molecule has 0 saturated carbocycles. The van der Waals surface area contributed by atoms with Crippen LogP contribution in [0.15, 0.2) is 23.1 Å². The van der Waals surface area contributed by atoms with E-state index in [1.807, 2.05) is 10.6 Å². The number of aromatic nitrogens is 2.